The van der Waals surface area contributed by atoms with Crippen LogP contribution in [-0.2, 0) is 21.1 Å². The van der Waals surface area contributed by atoms with Gasteiger partial charge in [-0.25, -0.2) is 12.1 Å². The average Bonchev–Trinajstić information content (AvgIpc) is 3.28. The van der Waals surface area contributed by atoms with E-state index in [1.165, 1.54) is 5.01 Å². The SMILES string of the molecule is CN1C[CH-]N(c2[c-]cc(F)cc2F)N1.Cc1cc(C)n([B]n2nc(C)cc2C)n1.[Pt+2]. The summed E-state index contributed by atoms with van der Waals surface area (Å²) >= 11 is 0. The fraction of sp³-hybridized carbons (Fsp3) is 0.316. The molecule has 1 N–H and O–H groups in total. The summed E-state index contributed by atoms with van der Waals surface area (Å²) in [5.74, 6) is -1.26. The first-order valence-electron chi connectivity index (χ1n) is 9.10. The van der Waals surface area contributed by atoms with E-state index in [0.717, 1.165) is 34.9 Å². The fourth-order valence-corrected chi connectivity index (χ4v) is 2.86. The Labute approximate surface area is 190 Å². The molecule has 1 fully saturated rings. The second kappa shape index (κ2) is 10.3. The summed E-state index contributed by atoms with van der Waals surface area (Å²) in [4.78, 5) is 0. The van der Waals surface area contributed by atoms with Gasteiger partial charge in [0.15, 0.2) is 0 Å². The van der Waals surface area contributed by atoms with Crippen LogP contribution in [0.1, 0.15) is 22.8 Å². The van der Waals surface area contributed by atoms with Crippen molar-refractivity contribution >= 4 is 13.2 Å². The first-order chi connectivity index (χ1) is 13.7. The van der Waals surface area contributed by atoms with Crippen LogP contribution in [0, 0.1) is 51.9 Å². The molecule has 161 valence electrons. The van der Waals surface area contributed by atoms with Crippen molar-refractivity contribution in [2.24, 2.45) is 0 Å². The van der Waals surface area contributed by atoms with Crippen molar-refractivity contribution < 1.29 is 29.8 Å². The van der Waals surface area contributed by atoms with Crippen molar-refractivity contribution in [1.29, 1.82) is 0 Å². The first-order valence-corrected chi connectivity index (χ1v) is 9.10. The van der Waals surface area contributed by atoms with Crippen LogP contribution in [-0.4, -0.2) is 45.5 Å². The molecule has 2 aromatic heterocycles. The van der Waals surface area contributed by atoms with Crippen molar-refractivity contribution in [1.82, 2.24) is 29.9 Å². The molecule has 4 rings (SSSR count). The molecule has 3 aromatic rings. The maximum absolute atomic E-state index is 13.2. The number of hydrazine groups is 2. The zero-order valence-corrected chi connectivity index (χ0v) is 19.7. The third-order valence-corrected chi connectivity index (χ3v) is 4.20. The topological polar surface area (TPSA) is 54.1 Å². The zero-order valence-electron chi connectivity index (χ0n) is 17.4. The molecule has 0 spiro atoms. The fourth-order valence-electron chi connectivity index (χ4n) is 2.86. The third kappa shape index (κ3) is 6.00. The van der Waals surface area contributed by atoms with Gasteiger partial charge in [0.2, 0.25) is 0 Å². The Hall–Kier alpha value is -2.03. The number of benzene rings is 1. The van der Waals surface area contributed by atoms with E-state index in [2.05, 4.69) is 21.8 Å². The Bertz CT molecular complexity index is 947. The van der Waals surface area contributed by atoms with E-state index in [-0.39, 0.29) is 26.8 Å². The Morgan fingerprint density at radius 2 is 1.60 bits per heavy atom. The molecular weight excluding hydrogens is 570 g/mol. The van der Waals surface area contributed by atoms with Gasteiger partial charge in [0, 0.05) is 30.1 Å². The van der Waals surface area contributed by atoms with Crippen LogP contribution in [0.4, 0.5) is 14.5 Å². The minimum Gasteiger partial charge on any atom is -0.463 e. The summed E-state index contributed by atoms with van der Waals surface area (Å²) in [5.41, 5.74) is 7.30. The maximum atomic E-state index is 13.2. The molecule has 11 heteroatoms. The van der Waals surface area contributed by atoms with Gasteiger partial charge in [-0.15, -0.1) is 12.1 Å². The normalized spacial score (nSPS) is 13.6. The Morgan fingerprint density at radius 1 is 1.03 bits per heavy atom. The number of rotatable bonds is 3. The van der Waals surface area contributed by atoms with Gasteiger partial charge in [-0.05, 0) is 39.8 Å². The van der Waals surface area contributed by atoms with Crippen LogP contribution in [0.2, 0.25) is 0 Å². The van der Waals surface area contributed by atoms with Crippen LogP contribution < -0.4 is 10.5 Å². The number of hydrogen-bond acceptors (Lipinski definition) is 5. The molecule has 0 bridgehead atoms. The van der Waals surface area contributed by atoms with E-state index in [1.807, 2.05) is 63.6 Å². The minimum absolute atomic E-state index is 0. The summed E-state index contributed by atoms with van der Waals surface area (Å²) in [6.07, 6.45) is 0. The molecule has 3 heterocycles. The molecule has 30 heavy (non-hydrogen) atoms. The molecule has 1 aromatic carbocycles. The standard InChI is InChI=1S/C10H14BN4.C9H9F2N3.Pt/c1-7-5-9(3)14(12-7)11-15-10(4)6-8(2)13-15;1-13-4-5-14(12-13)9-3-2-7(10)6-8(9)11;/h5-6H,1-4H3;2,5-6,12H,4H2,1H3;/q;-2;+2. The van der Waals surface area contributed by atoms with Crippen molar-refractivity contribution in [2.45, 2.75) is 27.7 Å². The predicted octanol–water partition coefficient (Wildman–Crippen LogP) is 2.34. The van der Waals surface area contributed by atoms with E-state index in [9.17, 15) is 8.78 Å². The molecule has 1 saturated heterocycles. The molecule has 0 atom stereocenters. The van der Waals surface area contributed by atoms with Crippen molar-refractivity contribution in [3.63, 3.8) is 0 Å². The number of likely N-dealkylation sites (N-methyl/N-ethyl adjacent to an activating group) is 1. The van der Waals surface area contributed by atoms with Crippen molar-refractivity contribution in [3.05, 3.63) is 71.3 Å². The van der Waals surface area contributed by atoms with Gasteiger partial charge < -0.3 is 5.01 Å². The monoisotopic (exact) mass is 593 g/mol. The number of hydrogen-bond donors (Lipinski definition) is 1. The van der Waals surface area contributed by atoms with E-state index >= 15 is 0 Å². The van der Waals surface area contributed by atoms with Crippen LogP contribution in [0.25, 0.3) is 0 Å². The number of aromatic nitrogens is 4. The largest absolute Gasteiger partial charge is 2.00 e. The van der Waals surface area contributed by atoms with Gasteiger partial charge in [-0.2, -0.15) is 16.3 Å². The smallest absolute Gasteiger partial charge is 0.463 e. The van der Waals surface area contributed by atoms with E-state index < -0.39 is 11.6 Å². The Kier molecular flexibility index (Phi) is 8.35. The summed E-state index contributed by atoms with van der Waals surface area (Å²) in [6.45, 7) is 10.4. The van der Waals surface area contributed by atoms with E-state index in [1.54, 1.807) is 11.6 Å². The summed E-state index contributed by atoms with van der Waals surface area (Å²) in [5, 5.41) is 11.9. The molecule has 7 nitrogen and oxygen atoms in total. The number of anilines is 1. The quantitative estimate of drug-likeness (QED) is 0.374. The zero-order chi connectivity index (χ0) is 21.1. The summed E-state index contributed by atoms with van der Waals surface area (Å²) in [7, 11) is 3.71. The van der Waals surface area contributed by atoms with Gasteiger partial charge in [-0.1, -0.05) is 12.2 Å². The predicted molar refractivity (Wildman–Crippen MR) is 108 cm³/mol. The Balaban J connectivity index is 0.000000207. The minimum atomic E-state index is -0.635. The number of aryl methyl sites for hydroxylation is 4. The molecular formula is C19H23BF2N7Pt. The molecule has 1 aliphatic rings. The summed E-state index contributed by atoms with van der Waals surface area (Å²) < 4.78 is 29.5. The molecule has 0 unspecified atom stereocenters. The van der Waals surface area contributed by atoms with Gasteiger partial charge in [0.25, 0.3) is 0 Å². The molecule has 0 saturated carbocycles. The van der Waals surface area contributed by atoms with Crippen molar-refractivity contribution in [3.8, 4) is 0 Å². The van der Waals surface area contributed by atoms with Gasteiger partial charge in [-0.3, -0.25) is 23.0 Å². The number of halogens is 2. The number of nitrogens with one attached hydrogen (secondary N) is 1. The third-order valence-electron chi connectivity index (χ3n) is 4.20. The molecule has 1 radical (unpaired) electrons. The first kappa shape index (κ1) is 24.2. The maximum Gasteiger partial charge on any atom is 2.00 e. The van der Waals surface area contributed by atoms with Crippen LogP contribution in [0.3, 0.4) is 0 Å². The second-order valence-corrected chi connectivity index (χ2v) is 6.91. The molecule has 0 amide bonds. The molecule has 1 aliphatic heterocycles. The van der Waals surface area contributed by atoms with Crippen LogP contribution >= 0.6 is 0 Å². The van der Waals surface area contributed by atoms with Gasteiger partial charge in [0.1, 0.15) is 0 Å². The number of nitrogens with zero attached hydrogens (tertiary/aromatic N) is 6. The van der Waals surface area contributed by atoms with Crippen LogP contribution in [0.5, 0.6) is 0 Å². The van der Waals surface area contributed by atoms with Crippen LogP contribution in [0.15, 0.2) is 24.3 Å². The summed E-state index contributed by atoms with van der Waals surface area (Å²) in [6, 6.07) is 8.55. The molecule has 0 aliphatic carbocycles. The second-order valence-electron chi connectivity index (χ2n) is 6.91. The van der Waals surface area contributed by atoms with Crippen molar-refractivity contribution in [2.75, 3.05) is 18.6 Å². The Morgan fingerprint density at radius 3 is 2.00 bits per heavy atom. The van der Waals surface area contributed by atoms with E-state index in [0.29, 0.717) is 6.54 Å². The van der Waals surface area contributed by atoms with Gasteiger partial charge >= 0.3 is 28.6 Å². The van der Waals surface area contributed by atoms with Gasteiger partial charge in [0.05, 0.1) is 11.4 Å². The van der Waals surface area contributed by atoms with E-state index in [4.69, 9.17) is 0 Å². The average molecular weight is 593 g/mol.